The van der Waals surface area contributed by atoms with Gasteiger partial charge < -0.3 is 4.74 Å². The standard InChI is InChI=1S/C8H7BrClF2NO/c1-14-8-6(7(11)12)5(10)2-4(3-9)13-8/h2,7H,3H2,1H3. The summed E-state index contributed by atoms with van der Waals surface area (Å²) in [6.07, 6.45) is -2.69. The second kappa shape index (κ2) is 4.89. The Labute approximate surface area is 93.4 Å². The van der Waals surface area contributed by atoms with Crippen LogP contribution in [0.15, 0.2) is 6.07 Å². The van der Waals surface area contributed by atoms with E-state index < -0.39 is 6.43 Å². The van der Waals surface area contributed by atoms with Gasteiger partial charge in [0.05, 0.1) is 23.4 Å². The first-order chi connectivity index (χ1) is 6.60. The van der Waals surface area contributed by atoms with Gasteiger partial charge in [-0.25, -0.2) is 13.8 Å². The van der Waals surface area contributed by atoms with E-state index >= 15 is 0 Å². The Morgan fingerprint density at radius 3 is 2.71 bits per heavy atom. The molecule has 14 heavy (non-hydrogen) atoms. The Hall–Kier alpha value is -0.420. The molecule has 0 aliphatic rings. The largest absolute Gasteiger partial charge is 0.481 e. The smallest absolute Gasteiger partial charge is 0.270 e. The highest BCUT2D eigenvalue weighted by Crippen LogP contribution is 2.34. The highest BCUT2D eigenvalue weighted by molar-refractivity contribution is 9.08. The number of pyridine rings is 1. The third-order valence-corrected chi connectivity index (χ3v) is 2.46. The topological polar surface area (TPSA) is 22.1 Å². The molecule has 0 atom stereocenters. The Morgan fingerprint density at radius 1 is 1.64 bits per heavy atom. The van der Waals surface area contributed by atoms with Crippen LogP contribution >= 0.6 is 27.5 Å². The predicted octanol–water partition coefficient (Wildman–Crippen LogP) is 3.58. The summed E-state index contributed by atoms with van der Waals surface area (Å²) in [5.74, 6) is -0.123. The van der Waals surface area contributed by atoms with E-state index in [1.807, 2.05) is 0 Å². The first-order valence-electron chi connectivity index (χ1n) is 3.67. The van der Waals surface area contributed by atoms with E-state index in [0.29, 0.717) is 11.0 Å². The van der Waals surface area contributed by atoms with Crippen LogP contribution in [0.4, 0.5) is 8.78 Å². The predicted molar refractivity (Wildman–Crippen MR) is 53.4 cm³/mol. The lowest BCUT2D eigenvalue weighted by Crippen LogP contribution is -1.99. The molecular weight excluding hydrogens is 279 g/mol. The van der Waals surface area contributed by atoms with Gasteiger partial charge in [-0.15, -0.1) is 0 Å². The van der Waals surface area contributed by atoms with Crippen molar-refractivity contribution in [2.75, 3.05) is 7.11 Å². The molecule has 78 valence electrons. The van der Waals surface area contributed by atoms with Gasteiger partial charge in [-0.05, 0) is 6.07 Å². The molecular formula is C8H7BrClF2NO. The van der Waals surface area contributed by atoms with Crippen LogP contribution in [0.1, 0.15) is 17.7 Å². The molecule has 0 aliphatic carbocycles. The summed E-state index contributed by atoms with van der Waals surface area (Å²) >= 11 is 8.82. The van der Waals surface area contributed by atoms with Gasteiger partial charge in [0.2, 0.25) is 5.88 Å². The molecule has 0 bridgehead atoms. The minimum Gasteiger partial charge on any atom is -0.481 e. The molecule has 1 heterocycles. The van der Waals surface area contributed by atoms with Crippen LogP contribution in [0.5, 0.6) is 5.88 Å². The molecule has 0 aromatic carbocycles. The van der Waals surface area contributed by atoms with Crippen molar-refractivity contribution in [1.29, 1.82) is 0 Å². The third-order valence-electron chi connectivity index (χ3n) is 1.57. The number of rotatable bonds is 3. The number of halogens is 4. The van der Waals surface area contributed by atoms with Gasteiger partial charge in [-0.1, -0.05) is 27.5 Å². The summed E-state index contributed by atoms with van der Waals surface area (Å²) in [7, 11) is 1.28. The molecule has 0 unspecified atom stereocenters. The van der Waals surface area contributed by atoms with Crippen LogP contribution in [0.2, 0.25) is 5.02 Å². The number of methoxy groups -OCH3 is 1. The molecule has 2 nitrogen and oxygen atoms in total. The number of hydrogen-bond donors (Lipinski definition) is 0. The molecule has 0 N–H and O–H groups in total. The molecule has 6 heteroatoms. The molecule has 1 aromatic heterocycles. The molecule has 0 saturated carbocycles. The number of ether oxygens (including phenoxy) is 1. The van der Waals surface area contributed by atoms with Crippen LogP contribution in [0, 0.1) is 0 Å². The summed E-state index contributed by atoms with van der Waals surface area (Å²) in [6, 6.07) is 1.39. The van der Waals surface area contributed by atoms with E-state index in [4.69, 9.17) is 16.3 Å². The van der Waals surface area contributed by atoms with Gasteiger partial charge >= 0.3 is 0 Å². The lowest BCUT2D eigenvalue weighted by atomic mass is 10.2. The SMILES string of the molecule is COc1nc(CBr)cc(Cl)c1C(F)F. The number of hydrogen-bond acceptors (Lipinski definition) is 2. The summed E-state index contributed by atoms with van der Waals surface area (Å²) in [5, 5.41) is 0.411. The minimum atomic E-state index is -2.69. The third kappa shape index (κ3) is 2.33. The van der Waals surface area contributed by atoms with Gasteiger partial charge in [0.1, 0.15) is 0 Å². The summed E-state index contributed by atoms with van der Waals surface area (Å²) in [6.45, 7) is 0. The van der Waals surface area contributed by atoms with Gasteiger partial charge in [-0.3, -0.25) is 0 Å². The fourth-order valence-corrected chi connectivity index (χ4v) is 1.55. The van der Waals surface area contributed by atoms with Crippen molar-refractivity contribution in [3.63, 3.8) is 0 Å². The monoisotopic (exact) mass is 285 g/mol. The van der Waals surface area contributed by atoms with E-state index in [2.05, 4.69) is 20.9 Å². The highest BCUT2D eigenvalue weighted by atomic mass is 79.9. The Morgan fingerprint density at radius 2 is 2.29 bits per heavy atom. The fourth-order valence-electron chi connectivity index (χ4n) is 0.971. The van der Waals surface area contributed by atoms with Crippen LogP contribution in [-0.4, -0.2) is 12.1 Å². The molecule has 1 aromatic rings. The van der Waals surface area contributed by atoms with Gasteiger partial charge in [0, 0.05) is 5.33 Å². The van der Waals surface area contributed by atoms with Crippen LogP contribution in [0.25, 0.3) is 0 Å². The highest BCUT2D eigenvalue weighted by Gasteiger charge is 2.20. The van der Waals surface area contributed by atoms with Crippen LogP contribution in [-0.2, 0) is 5.33 Å². The molecule has 0 radical (unpaired) electrons. The van der Waals surface area contributed by atoms with E-state index in [1.54, 1.807) is 0 Å². The van der Waals surface area contributed by atoms with Crippen LogP contribution < -0.4 is 4.74 Å². The molecule has 0 saturated heterocycles. The van der Waals surface area contributed by atoms with E-state index in [0.717, 1.165) is 0 Å². The molecule has 0 amide bonds. The van der Waals surface area contributed by atoms with Crippen molar-refractivity contribution in [2.45, 2.75) is 11.8 Å². The molecule has 0 fully saturated rings. The number of aromatic nitrogens is 1. The quantitative estimate of drug-likeness (QED) is 0.792. The van der Waals surface area contributed by atoms with Crippen molar-refractivity contribution < 1.29 is 13.5 Å². The summed E-state index contributed by atoms with van der Waals surface area (Å²) < 4.78 is 29.7. The zero-order chi connectivity index (χ0) is 10.7. The van der Waals surface area contributed by atoms with Crippen molar-refractivity contribution in [3.05, 3.63) is 22.3 Å². The van der Waals surface area contributed by atoms with E-state index in [9.17, 15) is 8.78 Å². The molecule has 0 spiro atoms. The summed E-state index contributed by atoms with van der Waals surface area (Å²) in [5.41, 5.74) is 0.190. The van der Waals surface area contributed by atoms with E-state index in [1.165, 1.54) is 13.2 Å². The van der Waals surface area contributed by atoms with Gasteiger partial charge in [0.25, 0.3) is 6.43 Å². The molecule has 1 rings (SSSR count). The maximum atomic E-state index is 12.5. The Kier molecular flexibility index (Phi) is 4.07. The Bertz CT molecular complexity index is 335. The summed E-state index contributed by atoms with van der Waals surface area (Å²) in [4.78, 5) is 3.86. The average molecular weight is 287 g/mol. The lowest BCUT2D eigenvalue weighted by molar-refractivity contribution is 0.146. The van der Waals surface area contributed by atoms with E-state index in [-0.39, 0.29) is 16.5 Å². The Balaban J connectivity index is 3.27. The second-order valence-electron chi connectivity index (χ2n) is 2.45. The van der Waals surface area contributed by atoms with Gasteiger partial charge in [0.15, 0.2) is 0 Å². The zero-order valence-electron chi connectivity index (χ0n) is 7.23. The van der Waals surface area contributed by atoms with Crippen molar-refractivity contribution in [3.8, 4) is 5.88 Å². The first kappa shape index (κ1) is 11.7. The van der Waals surface area contributed by atoms with Crippen molar-refractivity contribution >= 4 is 27.5 Å². The maximum absolute atomic E-state index is 12.5. The number of alkyl halides is 3. The average Bonchev–Trinajstić information content (AvgIpc) is 2.15. The lowest BCUT2D eigenvalue weighted by Gasteiger charge is -2.09. The van der Waals surface area contributed by atoms with Crippen molar-refractivity contribution in [2.24, 2.45) is 0 Å². The fraction of sp³-hybridized carbons (Fsp3) is 0.375. The van der Waals surface area contributed by atoms with Crippen LogP contribution in [0.3, 0.4) is 0 Å². The second-order valence-corrected chi connectivity index (χ2v) is 3.42. The normalized spacial score (nSPS) is 10.7. The first-order valence-corrected chi connectivity index (χ1v) is 5.17. The molecule has 0 aliphatic heterocycles. The van der Waals surface area contributed by atoms with Crippen molar-refractivity contribution in [1.82, 2.24) is 4.98 Å². The maximum Gasteiger partial charge on any atom is 0.270 e. The number of nitrogens with zero attached hydrogens (tertiary/aromatic N) is 1. The zero-order valence-corrected chi connectivity index (χ0v) is 9.57. The van der Waals surface area contributed by atoms with Gasteiger partial charge in [-0.2, -0.15) is 0 Å². The minimum absolute atomic E-state index is 0.0266.